The Morgan fingerprint density at radius 2 is 2.00 bits per heavy atom. The SMILES string of the molecule is CC(C)(C)C(NC(=O)c1cccc(Br)n1)C(=O)O. The summed E-state index contributed by atoms with van der Waals surface area (Å²) in [7, 11) is 0. The van der Waals surface area contributed by atoms with Gasteiger partial charge in [0.1, 0.15) is 16.3 Å². The van der Waals surface area contributed by atoms with Crippen LogP contribution in [0.5, 0.6) is 0 Å². The third kappa shape index (κ3) is 3.80. The Kier molecular flexibility index (Phi) is 4.45. The molecule has 0 aliphatic heterocycles. The van der Waals surface area contributed by atoms with E-state index in [-0.39, 0.29) is 5.69 Å². The summed E-state index contributed by atoms with van der Waals surface area (Å²) in [4.78, 5) is 27.0. The van der Waals surface area contributed by atoms with Crippen molar-refractivity contribution in [2.45, 2.75) is 26.8 Å². The molecule has 0 saturated carbocycles. The van der Waals surface area contributed by atoms with E-state index in [4.69, 9.17) is 5.11 Å². The Morgan fingerprint density at radius 3 is 2.44 bits per heavy atom. The summed E-state index contributed by atoms with van der Waals surface area (Å²) in [5.41, 5.74) is -0.395. The summed E-state index contributed by atoms with van der Waals surface area (Å²) in [6.45, 7) is 5.25. The van der Waals surface area contributed by atoms with Crippen LogP contribution in [0, 0.1) is 5.41 Å². The molecule has 6 heteroatoms. The third-order valence-corrected chi connectivity index (χ3v) is 2.78. The van der Waals surface area contributed by atoms with E-state index >= 15 is 0 Å². The minimum Gasteiger partial charge on any atom is -0.480 e. The minimum atomic E-state index is -1.06. The van der Waals surface area contributed by atoms with Crippen LogP contribution < -0.4 is 5.32 Å². The molecular formula is C12H15BrN2O3. The van der Waals surface area contributed by atoms with Gasteiger partial charge < -0.3 is 10.4 Å². The highest BCUT2D eigenvalue weighted by Crippen LogP contribution is 2.19. The largest absolute Gasteiger partial charge is 0.480 e. The molecule has 1 atom stereocenters. The molecule has 0 bridgehead atoms. The zero-order valence-corrected chi connectivity index (χ0v) is 12.0. The number of hydrogen-bond acceptors (Lipinski definition) is 3. The molecule has 0 aliphatic rings. The molecule has 0 aliphatic carbocycles. The first kappa shape index (κ1) is 14.6. The van der Waals surface area contributed by atoms with Crippen molar-refractivity contribution in [3.8, 4) is 0 Å². The second kappa shape index (κ2) is 5.48. The molecule has 5 nitrogen and oxygen atoms in total. The van der Waals surface area contributed by atoms with Crippen LogP contribution in [-0.2, 0) is 4.79 Å². The topological polar surface area (TPSA) is 79.3 Å². The average Bonchev–Trinajstić information content (AvgIpc) is 2.23. The molecule has 1 aromatic rings. The molecule has 1 heterocycles. The number of aliphatic carboxylic acids is 1. The van der Waals surface area contributed by atoms with Gasteiger partial charge in [0.15, 0.2) is 0 Å². The average molecular weight is 315 g/mol. The van der Waals surface area contributed by atoms with Crippen LogP contribution in [0.4, 0.5) is 0 Å². The van der Waals surface area contributed by atoms with Gasteiger partial charge in [-0.3, -0.25) is 4.79 Å². The van der Waals surface area contributed by atoms with Crippen LogP contribution in [0.15, 0.2) is 22.8 Å². The Morgan fingerprint density at radius 1 is 1.39 bits per heavy atom. The number of carbonyl (C=O) groups is 2. The van der Waals surface area contributed by atoms with Crippen LogP contribution in [0.1, 0.15) is 31.3 Å². The van der Waals surface area contributed by atoms with Crippen molar-refractivity contribution in [2.24, 2.45) is 5.41 Å². The molecule has 1 rings (SSSR count). The quantitative estimate of drug-likeness (QED) is 0.837. The van der Waals surface area contributed by atoms with Gasteiger partial charge in [-0.25, -0.2) is 9.78 Å². The lowest BCUT2D eigenvalue weighted by molar-refractivity contribution is -0.142. The van der Waals surface area contributed by atoms with Gasteiger partial charge in [-0.05, 0) is 33.5 Å². The molecule has 0 fully saturated rings. The number of halogens is 1. The normalized spacial score (nSPS) is 12.9. The summed E-state index contributed by atoms with van der Waals surface area (Å²) < 4.78 is 0.526. The number of rotatable bonds is 3. The van der Waals surface area contributed by atoms with Gasteiger partial charge in [0, 0.05) is 0 Å². The Bertz CT molecular complexity index is 469. The number of nitrogens with zero attached hydrogens (tertiary/aromatic N) is 1. The highest BCUT2D eigenvalue weighted by atomic mass is 79.9. The maximum atomic E-state index is 11.9. The van der Waals surface area contributed by atoms with Crippen molar-refractivity contribution in [3.05, 3.63) is 28.5 Å². The number of nitrogens with one attached hydrogen (secondary N) is 1. The number of carboxylic acids is 1. The standard InChI is InChI=1S/C12H15BrN2O3/c1-12(2,3)9(11(17)18)15-10(16)7-5-4-6-8(13)14-7/h4-6,9H,1-3H3,(H,15,16)(H,17,18). The van der Waals surface area contributed by atoms with Gasteiger partial charge in [0.2, 0.25) is 0 Å². The van der Waals surface area contributed by atoms with Gasteiger partial charge in [-0.15, -0.1) is 0 Å². The van der Waals surface area contributed by atoms with E-state index in [0.29, 0.717) is 4.60 Å². The van der Waals surface area contributed by atoms with Gasteiger partial charge in [-0.2, -0.15) is 0 Å². The van der Waals surface area contributed by atoms with Crippen LogP contribution in [0.3, 0.4) is 0 Å². The van der Waals surface area contributed by atoms with Gasteiger partial charge in [0.05, 0.1) is 0 Å². The van der Waals surface area contributed by atoms with E-state index in [2.05, 4.69) is 26.2 Å². The van der Waals surface area contributed by atoms with Crippen molar-refractivity contribution in [1.29, 1.82) is 0 Å². The fourth-order valence-corrected chi connectivity index (χ4v) is 1.73. The molecule has 18 heavy (non-hydrogen) atoms. The zero-order valence-electron chi connectivity index (χ0n) is 10.4. The summed E-state index contributed by atoms with van der Waals surface area (Å²) in [6, 6.07) is 3.92. The first-order valence-corrected chi connectivity index (χ1v) is 6.17. The fraction of sp³-hybridized carbons (Fsp3) is 0.417. The van der Waals surface area contributed by atoms with E-state index in [9.17, 15) is 9.59 Å². The Balaban J connectivity index is 2.89. The van der Waals surface area contributed by atoms with E-state index in [0.717, 1.165) is 0 Å². The third-order valence-electron chi connectivity index (χ3n) is 2.34. The van der Waals surface area contributed by atoms with E-state index in [1.807, 2.05) is 0 Å². The molecule has 1 unspecified atom stereocenters. The lowest BCUT2D eigenvalue weighted by Gasteiger charge is -2.27. The Hall–Kier alpha value is -1.43. The Labute approximate surface area is 114 Å². The van der Waals surface area contributed by atoms with Crippen LogP contribution in [0.2, 0.25) is 0 Å². The molecule has 0 spiro atoms. The molecular weight excluding hydrogens is 300 g/mol. The smallest absolute Gasteiger partial charge is 0.326 e. The number of hydrogen-bond donors (Lipinski definition) is 2. The van der Waals surface area contributed by atoms with E-state index < -0.39 is 23.3 Å². The number of aromatic nitrogens is 1. The van der Waals surface area contributed by atoms with Crippen LogP contribution >= 0.6 is 15.9 Å². The number of carbonyl (C=O) groups excluding carboxylic acids is 1. The maximum Gasteiger partial charge on any atom is 0.326 e. The number of carboxylic acid groups (broad SMARTS) is 1. The highest BCUT2D eigenvalue weighted by molar-refractivity contribution is 9.10. The van der Waals surface area contributed by atoms with Crippen molar-refractivity contribution in [3.63, 3.8) is 0 Å². The number of pyridine rings is 1. The predicted molar refractivity (Wildman–Crippen MR) is 70.3 cm³/mol. The van der Waals surface area contributed by atoms with Crippen molar-refractivity contribution >= 4 is 27.8 Å². The maximum absolute atomic E-state index is 11.9. The molecule has 2 N–H and O–H groups in total. The van der Waals surface area contributed by atoms with Crippen molar-refractivity contribution in [1.82, 2.24) is 10.3 Å². The molecule has 98 valence electrons. The minimum absolute atomic E-state index is 0.180. The molecule has 1 aromatic heterocycles. The monoisotopic (exact) mass is 314 g/mol. The van der Waals surface area contributed by atoms with Gasteiger partial charge >= 0.3 is 5.97 Å². The molecule has 1 amide bonds. The molecule has 0 aromatic carbocycles. The zero-order chi connectivity index (χ0) is 13.9. The van der Waals surface area contributed by atoms with E-state index in [1.165, 1.54) is 6.07 Å². The van der Waals surface area contributed by atoms with Crippen LogP contribution in [0.25, 0.3) is 0 Å². The number of amides is 1. The van der Waals surface area contributed by atoms with Gasteiger partial charge in [0.25, 0.3) is 5.91 Å². The van der Waals surface area contributed by atoms with Gasteiger partial charge in [-0.1, -0.05) is 26.8 Å². The van der Waals surface area contributed by atoms with Crippen molar-refractivity contribution in [2.75, 3.05) is 0 Å². The second-order valence-corrected chi connectivity index (χ2v) is 5.77. The lowest BCUT2D eigenvalue weighted by Crippen LogP contribution is -2.49. The molecule has 0 saturated heterocycles. The highest BCUT2D eigenvalue weighted by Gasteiger charge is 2.33. The lowest BCUT2D eigenvalue weighted by atomic mass is 9.86. The van der Waals surface area contributed by atoms with Crippen LogP contribution in [-0.4, -0.2) is 28.0 Å². The van der Waals surface area contributed by atoms with Crippen molar-refractivity contribution < 1.29 is 14.7 Å². The predicted octanol–water partition coefficient (Wildman–Crippen LogP) is 2.07. The summed E-state index contributed by atoms with van der Waals surface area (Å²) in [5.74, 6) is -1.57. The molecule has 0 radical (unpaired) electrons. The fourth-order valence-electron chi connectivity index (χ4n) is 1.39. The summed E-state index contributed by atoms with van der Waals surface area (Å²) in [5, 5.41) is 11.6. The van der Waals surface area contributed by atoms with E-state index in [1.54, 1.807) is 32.9 Å². The first-order valence-electron chi connectivity index (χ1n) is 5.38. The first-order chi connectivity index (χ1) is 8.21. The summed E-state index contributed by atoms with van der Waals surface area (Å²) >= 11 is 3.16. The second-order valence-electron chi connectivity index (χ2n) is 4.96. The summed E-state index contributed by atoms with van der Waals surface area (Å²) in [6.07, 6.45) is 0.